The van der Waals surface area contributed by atoms with Gasteiger partial charge in [0.1, 0.15) is 5.82 Å². The lowest BCUT2D eigenvalue weighted by atomic mass is 10.2. The van der Waals surface area contributed by atoms with Crippen LogP contribution in [0, 0.1) is 5.82 Å². The second kappa shape index (κ2) is 10.4. The second-order valence-electron chi connectivity index (χ2n) is 7.08. The van der Waals surface area contributed by atoms with Gasteiger partial charge in [-0.25, -0.2) is 12.8 Å². The van der Waals surface area contributed by atoms with E-state index < -0.39 is 15.8 Å². The number of sulfonamides is 1. The molecule has 1 aliphatic rings. The lowest BCUT2D eigenvalue weighted by molar-refractivity contribution is -0.118. The predicted octanol–water partition coefficient (Wildman–Crippen LogP) is 1.23. The molecule has 3 aromatic rings. The normalized spacial score (nSPS) is 14.8. The first-order valence-electron chi connectivity index (χ1n) is 10.0. The zero-order chi connectivity index (χ0) is 23.3. The Kier molecular flexibility index (Phi) is 7.33. The molecule has 2 aromatic carbocycles. The molecule has 2 heterocycles. The molecule has 1 aliphatic heterocycles. The van der Waals surface area contributed by atoms with Gasteiger partial charge in [-0.2, -0.15) is 8.99 Å². The number of nitrogens with zero attached hydrogens (tertiary/aromatic N) is 5. The van der Waals surface area contributed by atoms with Crippen LogP contribution in [0.15, 0.2) is 58.6 Å². The zero-order valence-electron chi connectivity index (χ0n) is 17.4. The summed E-state index contributed by atoms with van der Waals surface area (Å²) in [6.07, 6.45) is 0. The monoisotopic (exact) mass is 492 g/mol. The Bertz CT molecular complexity index is 1210. The summed E-state index contributed by atoms with van der Waals surface area (Å²) >= 11 is 1.12. The molecule has 0 bridgehead atoms. The maximum atomic E-state index is 13.5. The molecule has 1 aromatic heterocycles. The maximum Gasteiger partial charge on any atom is 0.243 e. The van der Waals surface area contributed by atoms with Crippen molar-refractivity contribution >= 4 is 27.7 Å². The molecular formula is C20H21FN6O4S2. The second-order valence-corrected chi connectivity index (χ2v) is 9.96. The summed E-state index contributed by atoms with van der Waals surface area (Å²) in [5.74, 6) is -0.613. The first-order valence-corrected chi connectivity index (χ1v) is 12.5. The van der Waals surface area contributed by atoms with Crippen LogP contribution in [0.5, 0.6) is 0 Å². The van der Waals surface area contributed by atoms with Gasteiger partial charge in [0.05, 0.1) is 29.5 Å². The van der Waals surface area contributed by atoms with Crippen molar-refractivity contribution < 1.29 is 22.3 Å². The van der Waals surface area contributed by atoms with Crippen LogP contribution in [0.2, 0.25) is 0 Å². The molecule has 10 nitrogen and oxygen atoms in total. The van der Waals surface area contributed by atoms with Crippen LogP contribution >= 0.6 is 11.8 Å². The van der Waals surface area contributed by atoms with Crippen LogP contribution in [-0.4, -0.2) is 70.9 Å². The van der Waals surface area contributed by atoms with E-state index in [9.17, 15) is 17.6 Å². The number of thioether (sulfide) groups is 1. The Balaban J connectivity index is 1.30. The highest BCUT2D eigenvalue weighted by Gasteiger charge is 2.26. The highest BCUT2D eigenvalue weighted by molar-refractivity contribution is 7.99. The van der Waals surface area contributed by atoms with E-state index in [4.69, 9.17) is 4.74 Å². The van der Waals surface area contributed by atoms with Gasteiger partial charge in [-0.3, -0.25) is 4.79 Å². The van der Waals surface area contributed by atoms with E-state index in [1.54, 1.807) is 24.3 Å². The third-order valence-electron chi connectivity index (χ3n) is 4.85. The summed E-state index contributed by atoms with van der Waals surface area (Å²) in [5, 5.41) is 14.4. The fraction of sp³-hybridized carbons (Fsp3) is 0.300. The van der Waals surface area contributed by atoms with Gasteiger partial charge in [0.15, 0.2) is 0 Å². The van der Waals surface area contributed by atoms with Crippen LogP contribution in [0.1, 0.15) is 5.56 Å². The molecule has 1 N–H and O–H groups in total. The number of aromatic nitrogens is 4. The molecule has 0 unspecified atom stereocenters. The minimum atomic E-state index is -3.56. The summed E-state index contributed by atoms with van der Waals surface area (Å²) in [7, 11) is -3.56. The summed E-state index contributed by atoms with van der Waals surface area (Å²) in [6.45, 7) is 1.68. The SMILES string of the molecule is O=C(CSc1nnnn1-c1cccc(F)c1)NCc1ccc(S(=O)(=O)N2CCOCC2)cc1. The van der Waals surface area contributed by atoms with E-state index >= 15 is 0 Å². The van der Waals surface area contributed by atoms with E-state index in [1.807, 2.05) is 0 Å². The molecule has 13 heteroatoms. The van der Waals surface area contributed by atoms with E-state index in [-0.39, 0.29) is 23.1 Å². The Morgan fingerprint density at radius 2 is 1.91 bits per heavy atom. The highest BCUT2D eigenvalue weighted by Crippen LogP contribution is 2.19. The molecule has 174 valence electrons. The van der Waals surface area contributed by atoms with Crippen LogP contribution < -0.4 is 5.32 Å². The lowest BCUT2D eigenvalue weighted by Gasteiger charge is -2.26. The molecule has 0 spiro atoms. The molecule has 0 radical (unpaired) electrons. The third-order valence-corrected chi connectivity index (χ3v) is 7.68. The van der Waals surface area contributed by atoms with E-state index in [1.165, 1.54) is 33.3 Å². The van der Waals surface area contributed by atoms with E-state index in [0.717, 1.165) is 17.3 Å². The van der Waals surface area contributed by atoms with Crippen molar-refractivity contribution in [1.29, 1.82) is 0 Å². The van der Waals surface area contributed by atoms with Crippen molar-refractivity contribution in [2.75, 3.05) is 32.1 Å². The molecule has 1 fully saturated rings. The number of amides is 1. The number of benzene rings is 2. The Labute approximate surface area is 194 Å². The number of hydrogen-bond acceptors (Lipinski definition) is 8. The Morgan fingerprint density at radius 1 is 1.15 bits per heavy atom. The minimum Gasteiger partial charge on any atom is -0.379 e. The van der Waals surface area contributed by atoms with Crippen LogP contribution in [0.25, 0.3) is 5.69 Å². The van der Waals surface area contributed by atoms with Gasteiger partial charge in [0, 0.05) is 19.6 Å². The van der Waals surface area contributed by atoms with Gasteiger partial charge in [-0.05, 0) is 46.3 Å². The number of halogens is 1. The number of ether oxygens (including phenoxy) is 1. The smallest absolute Gasteiger partial charge is 0.243 e. The van der Waals surface area contributed by atoms with Crippen molar-refractivity contribution in [1.82, 2.24) is 29.8 Å². The summed E-state index contributed by atoms with van der Waals surface area (Å²) < 4.78 is 46.8. The number of carbonyl (C=O) groups excluding carboxylic acids is 1. The zero-order valence-corrected chi connectivity index (χ0v) is 19.1. The molecule has 1 amide bonds. The molecule has 0 aliphatic carbocycles. The number of hydrogen-bond donors (Lipinski definition) is 1. The van der Waals surface area contributed by atoms with Gasteiger partial charge in [0.2, 0.25) is 21.1 Å². The van der Waals surface area contributed by atoms with Crippen LogP contribution in [0.3, 0.4) is 0 Å². The van der Waals surface area contributed by atoms with Gasteiger partial charge >= 0.3 is 0 Å². The van der Waals surface area contributed by atoms with Gasteiger partial charge in [-0.1, -0.05) is 30.0 Å². The van der Waals surface area contributed by atoms with Crippen molar-refractivity contribution in [3.8, 4) is 5.69 Å². The molecule has 4 rings (SSSR count). The average molecular weight is 493 g/mol. The molecular weight excluding hydrogens is 471 g/mol. The van der Waals surface area contributed by atoms with Crippen molar-refractivity contribution in [2.45, 2.75) is 16.6 Å². The first kappa shape index (κ1) is 23.3. The fourth-order valence-corrected chi connectivity index (χ4v) is 5.26. The summed E-state index contributed by atoms with van der Waals surface area (Å²) in [5.41, 5.74) is 1.22. The highest BCUT2D eigenvalue weighted by atomic mass is 32.2. The molecule has 1 saturated heterocycles. The number of rotatable bonds is 8. The number of nitrogens with one attached hydrogen (secondary N) is 1. The van der Waals surface area contributed by atoms with Crippen molar-refractivity contribution in [2.24, 2.45) is 0 Å². The van der Waals surface area contributed by atoms with Gasteiger partial charge < -0.3 is 10.1 Å². The van der Waals surface area contributed by atoms with Gasteiger partial charge in [0.25, 0.3) is 0 Å². The topological polar surface area (TPSA) is 119 Å². The van der Waals surface area contributed by atoms with E-state index in [2.05, 4.69) is 20.8 Å². The third kappa shape index (κ3) is 5.74. The Morgan fingerprint density at radius 3 is 2.64 bits per heavy atom. The number of morpholine rings is 1. The number of tetrazole rings is 1. The van der Waals surface area contributed by atoms with Crippen LogP contribution in [-0.2, 0) is 26.1 Å². The standard InChI is InChI=1S/C20H21FN6O4S2/c21-16-2-1-3-17(12-16)27-20(23-24-25-27)32-14-19(28)22-13-15-4-6-18(7-5-15)33(29,30)26-8-10-31-11-9-26/h1-7,12H,8-11,13-14H2,(H,22,28). The van der Waals surface area contributed by atoms with Crippen molar-refractivity contribution in [3.63, 3.8) is 0 Å². The molecule has 0 atom stereocenters. The van der Waals surface area contributed by atoms with E-state index in [0.29, 0.717) is 37.1 Å². The first-order chi connectivity index (χ1) is 15.9. The fourth-order valence-electron chi connectivity index (χ4n) is 3.14. The summed E-state index contributed by atoms with van der Waals surface area (Å²) in [6, 6.07) is 12.2. The average Bonchev–Trinajstić information content (AvgIpc) is 3.31. The largest absolute Gasteiger partial charge is 0.379 e. The maximum absolute atomic E-state index is 13.5. The minimum absolute atomic E-state index is 0.0547. The molecule has 33 heavy (non-hydrogen) atoms. The van der Waals surface area contributed by atoms with Crippen LogP contribution in [0.4, 0.5) is 4.39 Å². The quantitative estimate of drug-likeness (QED) is 0.467. The lowest BCUT2D eigenvalue weighted by Crippen LogP contribution is -2.40. The predicted molar refractivity (Wildman–Crippen MR) is 118 cm³/mol. The Hall–Kier alpha value is -2.87. The van der Waals surface area contributed by atoms with Gasteiger partial charge in [-0.15, -0.1) is 5.10 Å². The summed E-state index contributed by atoms with van der Waals surface area (Å²) in [4.78, 5) is 12.5. The number of carbonyl (C=O) groups is 1. The molecule has 0 saturated carbocycles. The van der Waals surface area contributed by atoms with Crippen molar-refractivity contribution in [3.05, 3.63) is 59.9 Å².